The molecule has 0 heterocycles. The lowest BCUT2D eigenvalue weighted by atomic mass is 9.82. The van der Waals surface area contributed by atoms with Crippen LogP contribution >= 0.6 is 0 Å². The van der Waals surface area contributed by atoms with E-state index in [1.54, 1.807) is 0 Å². The molecule has 204 valence electrons. The highest BCUT2D eigenvalue weighted by atomic mass is 14.3. The van der Waals surface area contributed by atoms with E-state index in [4.69, 9.17) is 0 Å². The summed E-state index contributed by atoms with van der Waals surface area (Å²) in [6, 6.07) is 25.8. The smallest absolute Gasteiger partial charge is 0.000687 e. The molecule has 0 saturated heterocycles. The number of fused-ring (bicyclic) bond motifs is 7. The molecule has 0 saturated carbocycles. The first-order valence-corrected chi connectivity index (χ1v) is 16.1. The van der Waals surface area contributed by atoms with Crippen molar-refractivity contribution in [1.82, 2.24) is 0 Å². The second-order valence-electron chi connectivity index (χ2n) is 12.8. The minimum absolute atomic E-state index is 1.08. The van der Waals surface area contributed by atoms with Crippen LogP contribution in [0.3, 0.4) is 0 Å². The lowest BCUT2D eigenvalue weighted by Crippen LogP contribution is -1.98. The normalized spacial score (nSPS) is 17.3. The molecule has 0 fully saturated rings. The predicted octanol–water partition coefficient (Wildman–Crippen LogP) is 12.5. The first-order valence-electron chi connectivity index (χ1n) is 16.1. The van der Waals surface area contributed by atoms with Crippen LogP contribution in [0.5, 0.6) is 0 Å². The van der Waals surface area contributed by atoms with Gasteiger partial charge in [-0.25, -0.2) is 0 Å². The Hall–Kier alpha value is -4.68. The first-order chi connectivity index (χ1) is 21.4. The minimum atomic E-state index is 1.08. The summed E-state index contributed by atoms with van der Waals surface area (Å²) in [4.78, 5) is 0. The quantitative estimate of drug-likeness (QED) is 0.206. The van der Waals surface area contributed by atoms with Gasteiger partial charge < -0.3 is 0 Å². The van der Waals surface area contributed by atoms with E-state index in [0.29, 0.717) is 0 Å². The maximum Gasteiger partial charge on any atom is -0.000687 e. The predicted molar refractivity (Wildman–Crippen MR) is 188 cm³/mol. The zero-order valence-corrected chi connectivity index (χ0v) is 24.3. The molecule has 3 aliphatic rings. The van der Waals surface area contributed by atoms with Crippen LogP contribution < -0.4 is 0 Å². The van der Waals surface area contributed by atoms with Crippen molar-refractivity contribution in [2.75, 3.05) is 0 Å². The highest BCUT2D eigenvalue weighted by Crippen LogP contribution is 2.55. The third-order valence-corrected chi connectivity index (χ3v) is 10.5. The van der Waals surface area contributed by atoms with E-state index < -0.39 is 0 Å². The Kier molecular flexibility index (Phi) is 4.94. The largest absolute Gasteiger partial charge is 0.0842 e. The molecule has 0 radical (unpaired) electrons. The van der Waals surface area contributed by atoms with Crippen molar-refractivity contribution in [2.45, 2.75) is 44.9 Å². The molecule has 3 aliphatic carbocycles. The maximum atomic E-state index is 2.63. The van der Waals surface area contributed by atoms with E-state index in [-0.39, 0.29) is 0 Å². The Bertz CT molecular complexity index is 2450. The average Bonchev–Trinajstić information content (AvgIpc) is 3.80. The third kappa shape index (κ3) is 3.16. The van der Waals surface area contributed by atoms with Gasteiger partial charge in [0.05, 0.1) is 0 Å². The van der Waals surface area contributed by atoms with Crippen molar-refractivity contribution in [3.63, 3.8) is 0 Å². The molecular formula is C43H32. The molecule has 0 unspecified atom stereocenters. The van der Waals surface area contributed by atoms with Crippen molar-refractivity contribution in [2.24, 2.45) is 0 Å². The third-order valence-electron chi connectivity index (χ3n) is 10.5. The maximum absolute atomic E-state index is 2.63. The van der Waals surface area contributed by atoms with Gasteiger partial charge in [0.2, 0.25) is 0 Å². The molecule has 0 N–H and O–H groups in total. The summed E-state index contributed by atoms with van der Waals surface area (Å²) in [6.07, 6.45) is 24.9. The Balaban J connectivity index is 1.56. The first kappa shape index (κ1) is 23.8. The molecule has 0 bridgehead atoms. The van der Waals surface area contributed by atoms with Gasteiger partial charge in [0.1, 0.15) is 0 Å². The van der Waals surface area contributed by atoms with Gasteiger partial charge in [-0.2, -0.15) is 0 Å². The topological polar surface area (TPSA) is 0 Å². The molecule has 0 atom stereocenters. The van der Waals surface area contributed by atoms with Gasteiger partial charge in [-0.05, 0) is 149 Å². The summed E-state index contributed by atoms with van der Waals surface area (Å²) < 4.78 is 0. The summed E-state index contributed by atoms with van der Waals surface area (Å²) in [5, 5.41) is 17.1. The van der Waals surface area contributed by atoms with Gasteiger partial charge >= 0.3 is 0 Å². The molecule has 0 aliphatic heterocycles. The monoisotopic (exact) mass is 548 g/mol. The average molecular weight is 549 g/mol. The number of rotatable bonds is 3. The summed E-state index contributed by atoms with van der Waals surface area (Å²) >= 11 is 0. The number of hydrogen-bond donors (Lipinski definition) is 0. The second kappa shape index (κ2) is 8.91. The van der Waals surface area contributed by atoms with Gasteiger partial charge in [-0.3, -0.25) is 0 Å². The summed E-state index contributed by atoms with van der Waals surface area (Å²) in [7, 11) is 0. The van der Waals surface area contributed by atoms with Crippen molar-refractivity contribution < 1.29 is 0 Å². The number of benzene rings is 5. The number of allylic oxidation sites excluding steroid dienone is 10. The van der Waals surface area contributed by atoms with Gasteiger partial charge in [-0.1, -0.05) is 103 Å². The van der Waals surface area contributed by atoms with Crippen LogP contribution in [-0.4, -0.2) is 0 Å². The number of hydrogen-bond acceptors (Lipinski definition) is 0. The van der Waals surface area contributed by atoms with Crippen molar-refractivity contribution in [3.05, 3.63) is 126 Å². The lowest BCUT2D eigenvalue weighted by Gasteiger charge is -2.21. The van der Waals surface area contributed by atoms with Gasteiger partial charge in [-0.15, -0.1) is 0 Å². The molecule has 0 nitrogen and oxygen atoms in total. The van der Waals surface area contributed by atoms with Gasteiger partial charge in [0.15, 0.2) is 0 Å². The zero-order chi connectivity index (χ0) is 28.1. The van der Waals surface area contributed by atoms with Crippen LogP contribution in [0.15, 0.2) is 109 Å². The van der Waals surface area contributed by atoms with E-state index in [0.717, 1.165) is 25.7 Å². The summed E-state index contributed by atoms with van der Waals surface area (Å²) in [5.41, 5.74) is 8.81. The fourth-order valence-electron chi connectivity index (χ4n) is 8.82. The fourth-order valence-corrected chi connectivity index (χ4v) is 8.82. The molecule has 10 rings (SSSR count). The van der Waals surface area contributed by atoms with Crippen molar-refractivity contribution in [3.8, 4) is 0 Å². The summed E-state index contributed by atoms with van der Waals surface area (Å²) in [5.74, 6) is 0. The van der Waals surface area contributed by atoms with E-state index in [9.17, 15) is 0 Å². The van der Waals surface area contributed by atoms with E-state index >= 15 is 0 Å². The van der Waals surface area contributed by atoms with Crippen LogP contribution in [0.1, 0.15) is 61.6 Å². The van der Waals surface area contributed by atoms with Crippen LogP contribution in [0.25, 0.3) is 81.4 Å². The molecule has 7 aromatic carbocycles. The van der Waals surface area contributed by atoms with Crippen LogP contribution in [0.2, 0.25) is 0 Å². The van der Waals surface area contributed by atoms with Crippen molar-refractivity contribution in [1.29, 1.82) is 0 Å². The Morgan fingerprint density at radius 1 is 0.488 bits per heavy atom. The molecule has 0 spiro atoms. The van der Waals surface area contributed by atoms with E-state index in [2.05, 4.69) is 109 Å². The Morgan fingerprint density at radius 2 is 1.23 bits per heavy atom. The van der Waals surface area contributed by atoms with Crippen LogP contribution in [0, 0.1) is 0 Å². The van der Waals surface area contributed by atoms with Crippen LogP contribution in [-0.2, 0) is 0 Å². The SMILES string of the molecule is C1=CCCC(c2c3cc(C4=CCCC4)c(C4=CCCC=C4)c4c5ccccc5c(c34)c3c4cccc5cccc(c23)c54)=C1. The molecule has 7 aromatic rings. The molecular weight excluding hydrogens is 516 g/mol. The molecule has 0 aromatic heterocycles. The Morgan fingerprint density at radius 3 is 1.98 bits per heavy atom. The van der Waals surface area contributed by atoms with Crippen molar-refractivity contribution >= 4 is 81.4 Å². The highest BCUT2D eigenvalue weighted by molar-refractivity contribution is 6.47. The Labute approximate surface area is 251 Å². The standard InChI is InChI=1S/C43H32/c1-3-15-28(16-4-1)37-34(26-13-7-8-14-26)25-35-38(29-17-5-2-6-18-29)41-32-23-11-19-27-20-12-24-33(36(27)32)42(41)40-31-22-10-9-21-30(31)39(37)43(35)40/h2-3,5,9-13,15-17,19-25H,1,4,6-8,14,18H2. The summed E-state index contributed by atoms with van der Waals surface area (Å²) in [6.45, 7) is 0. The minimum Gasteiger partial charge on any atom is -0.0842 e. The molecule has 43 heavy (non-hydrogen) atoms. The molecule has 0 heteroatoms. The molecule has 0 amide bonds. The highest BCUT2D eigenvalue weighted by Gasteiger charge is 2.29. The zero-order valence-electron chi connectivity index (χ0n) is 24.3. The van der Waals surface area contributed by atoms with Gasteiger partial charge in [0.25, 0.3) is 0 Å². The van der Waals surface area contributed by atoms with E-state index in [1.807, 2.05) is 0 Å². The van der Waals surface area contributed by atoms with Gasteiger partial charge in [0, 0.05) is 0 Å². The van der Waals surface area contributed by atoms with Crippen LogP contribution in [0.4, 0.5) is 0 Å². The lowest BCUT2D eigenvalue weighted by molar-refractivity contribution is 0.935. The fraction of sp³-hybridized carbons (Fsp3) is 0.163. The van der Waals surface area contributed by atoms with E-state index in [1.165, 1.54) is 117 Å². The second-order valence-corrected chi connectivity index (χ2v) is 12.8.